The van der Waals surface area contributed by atoms with E-state index in [1.54, 1.807) is 24.3 Å². The fraction of sp³-hybridized carbons (Fsp3) is 0.348. The summed E-state index contributed by atoms with van der Waals surface area (Å²) in [6, 6.07) is 13.7. The molecule has 1 fully saturated rings. The number of hydrogen-bond donors (Lipinski definition) is 2. The van der Waals surface area contributed by atoms with E-state index in [2.05, 4.69) is 9.88 Å². The number of H-pyrrole nitrogens is 1. The molecule has 9 heteroatoms. The number of aliphatic hydroxyl groups excluding tert-OH is 1. The monoisotopic (exact) mass is 447 g/mol. The maximum Gasteiger partial charge on any atom is 0.416 e. The zero-order chi connectivity index (χ0) is 22.7. The number of β-amino-alcohol motifs (C(OH)–C–C–N with tert-alkyl or cyclic N) is 1. The Kier molecular flexibility index (Phi) is 6.38. The summed E-state index contributed by atoms with van der Waals surface area (Å²) in [6.07, 6.45) is -5.01. The first-order valence-electron chi connectivity index (χ1n) is 10.4. The van der Waals surface area contributed by atoms with E-state index in [9.17, 15) is 23.1 Å². The summed E-state index contributed by atoms with van der Waals surface area (Å²) in [6.45, 7) is 3.31. The van der Waals surface area contributed by atoms with Gasteiger partial charge in [0.2, 0.25) is 5.56 Å². The van der Waals surface area contributed by atoms with Crippen LogP contribution < -0.4 is 15.2 Å². The van der Waals surface area contributed by atoms with Crippen LogP contribution in [-0.4, -0.2) is 60.4 Å². The summed E-state index contributed by atoms with van der Waals surface area (Å²) >= 11 is 0. The molecule has 0 aliphatic carbocycles. The van der Waals surface area contributed by atoms with Crippen molar-refractivity contribution in [3.8, 4) is 5.75 Å². The molecule has 0 spiro atoms. The van der Waals surface area contributed by atoms with Gasteiger partial charge in [0.1, 0.15) is 18.5 Å². The molecule has 0 amide bonds. The number of anilines is 1. The largest absolute Gasteiger partial charge is 0.491 e. The zero-order valence-electron chi connectivity index (χ0n) is 17.3. The smallest absolute Gasteiger partial charge is 0.416 e. The number of pyridine rings is 1. The van der Waals surface area contributed by atoms with E-state index in [0.29, 0.717) is 38.5 Å². The lowest BCUT2D eigenvalue weighted by atomic mass is 10.1. The van der Waals surface area contributed by atoms with Gasteiger partial charge in [0, 0.05) is 55.4 Å². The van der Waals surface area contributed by atoms with Gasteiger partial charge in [-0.05, 0) is 48.5 Å². The van der Waals surface area contributed by atoms with Crippen LogP contribution in [0.5, 0.6) is 5.75 Å². The van der Waals surface area contributed by atoms with Crippen LogP contribution in [-0.2, 0) is 6.18 Å². The first-order valence-corrected chi connectivity index (χ1v) is 10.4. The van der Waals surface area contributed by atoms with E-state index >= 15 is 0 Å². The fourth-order valence-corrected chi connectivity index (χ4v) is 3.82. The topological polar surface area (TPSA) is 68.8 Å². The van der Waals surface area contributed by atoms with Gasteiger partial charge in [0.15, 0.2) is 0 Å². The molecule has 1 aliphatic rings. The highest BCUT2D eigenvalue weighted by molar-refractivity contribution is 5.79. The van der Waals surface area contributed by atoms with Crippen molar-refractivity contribution < 1.29 is 23.0 Å². The second-order valence-corrected chi connectivity index (χ2v) is 7.87. The number of rotatable bonds is 6. The number of piperazine rings is 1. The standard InChI is InChI=1S/C23H24F3N3O3/c24-23(25,26)17-2-4-18(5-3-17)29-11-9-28(10-12-29)14-19(30)15-32-20-6-7-21-16(13-20)1-8-22(31)27-21/h1-8,13,19,30H,9-12,14-15H2,(H,27,31). The molecule has 0 radical (unpaired) electrons. The SMILES string of the molecule is O=c1ccc2cc(OCC(O)CN3CCN(c4ccc(C(F)(F)F)cc4)CC3)ccc2[nH]1. The minimum atomic E-state index is -4.33. The molecule has 2 aromatic carbocycles. The lowest BCUT2D eigenvalue weighted by Crippen LogP contribution is -2.49. The maximum atomic E-state index is 12.7. The molecule has 4 rings (SSSR count). The van der Waals surface area contributed by atoms with Crippen LogP contribution in [0.15, 0.2) is 59.4 Å². The highest BCUT2D eigenvalue weighted by Gasteiger charge is 2.30. The predicted octanol–water partition coefficient (Wildman–Crippen LogP) is 3.11. The summed E-state index contributed by atoms with van der Waals surface area (Å²) < 4.78 is 43.9. The number of benzene rings is 2. The number of aromatic nitrogens is 1. The summed E-state index contributed by atoms with van der Waals surface area (Å²) in [5.41, 5.74) is 0.665. The van der Waals surface area contributed by atoms with Crippen LogP contribution in [0, 0.1) is 0 Å². The van der Waals surface area contributed by atoms with E-state index in [0.717, 1.165) is 28.7 Å². The van der Waals surface area contributed by atoms with Crippen molar-refractivity contribution in [2.75, 3.05) is 44.2 Å². The van der Waals surface area contributed by atoms with Gasteiger partial charge in [0.05, 0.1) is 5.56 Å². The Hall–Kier alpha value is -3.04. The van der Waals surface area contributed by atoms with E-state index in [1.807, 2.05) is 4.90 Å². The molecule has 2 heterocycles. The van der Waals surface area contributed by atoms with Crippen molar-refractivity contribution in [1.82, 2.24) is 9.88 Å². The van der Waals surface area contributed by atoms with E-state index < -0.39 is 17.8 Å². The second kappa shape index (κ2) is 9.22. The Balaban J connectivity index is 1.24. The number of nitrogens with zero attached hydrogens (tertiary/aromatic N) is 2. The number of aliphatic hydroxyl groups is 1. The molecule has 2 N–H and O–H groups in total. The molecule has 1 atom stereocenters. The van der Waals surface area contributed by atoms with Gasteiger partial charge in [-0.15, -0.1) is 0 Å². The number of aromatic amines is 1. The number of fused-ring (bicyclic) bond motifs is 1. The van der Waals surface area contributed by atoms with Crippen LogP contribution in [0.1, 0.15) is 5.56 Å². The Bertz CT molecular complexity index is 1110. The van der Waals surface area contributed by atoms with Crippen LogP contribution in [0.3, 0.4) is 0 Å². The molecule has 1 saturated heterocycles. The predicted molar refractivity (Wildman–Crippen MR) is 116 cm³/mol. The highest BCUT2D eigenvalue weighted by Crippen LogP contribution is 2.30. The Morgan fingerprint density at radius 2 is 1.72 bits per heavy atom. The molecule has 1 aromatic heterocycles. The molecular weight excluding hydrogens is 423 g/mol. The van der Waals surface area contributed by atoms with Gasteiger partial charge in [-0.25, -0.2) is 0 Å². The van der Waals surface area contributed by atoms with E-state index in [1.165, 1.54) is 18.2 Å². The fourth-order valence-electron chi connectivity index (χ4n) is 3.82. The quantitative estimate of drug-likeness (QED) is 0.608. The van der Waals surface area contributed by atoms with Crippen molar-refractivity contribution in [2.45, 2.75) is 12.3 Å². The lowest BCUT2D eigenvalue weighted by Gasteiger charge is -2.37. The van der Waals surface area contributed by atoms with Crippen molar-refractivity contribution in [1.29, 1.82) is 0 Å². The van der Waals surface area contributed by atoms with Gasteiger partial charge in [-0.3, -0.25) is 9.69 Å². The highest BCUT2D eigenvalue weighted by atomic mass is 19.4. The Morgan fingerprint density at radius 1 is 1.00 bits per heavy atom. The summed E-state index contributed by atoms with van der Waals surface area (Å²) in [4.78, 5) is 18.2. The first-order chi connectivity index (χ1) is 15.3. The molecule has 0 saturated carbocycles. The number of halogens is 3. The minimum absolute atomic E-state index is 0.133. The van der Waals surface area contributed by atoms with Crippen LogP contribution in [0.2, 0.25) is 0 Å². The molecule has 1 unspecified atom stereocenters. The summed E-state index contributed by atoms with van der Waals surface area (Å²) in [5.74, 6) is 0.607. The maximum absolute atomic E-state index is 12.7. The zero-order valence-corrected chi connectivity index (χ0v) is 17.3. The third kappa shape index (κ3) is 5.41. The molecule has 3 aromatic rings. The number of nitrogens with one attached hydrogen (secondary N) is 1. The van der Waals surface area contributed by atoms with Crippen molar-refractivity contribution in [3.63, 3.8) is 0 Å². The number of hydrogen-bond acceptors (Lipinski definition) is 5. The van der Waals surface area contributed by atoms with Crippen molar-refractivity contribution >= 4 is 16.6 Å². The second-order valence-electron chi connectivity index (χ2n) is 7.87. The lowest BCUT2D eigenvalue weighted by molar-refractivity contribution is -0.137. The van der Waals surface area contributed by atoms with Crippen LogP contribution >= 0.6 is 0 Å². The first kappa shape index (κ1) is 22.2. The molecule has 32 heavy (non-hydrogen) atoms. The van der Waals surface area contributed by atoms with Crippen LogP contribution in [0.4, 0.5) is 18.9 Å². The molecule has 6 nitrogen and oxygen atoms in total. The van der Waals surface area contributed by atoms with Crippen molar-refractivity contribution in [3.05, 3.63) is 70.5 Å². The molecule has 1 aliphatic heterocycles. The van der Waals surface area contributed by atoms with Gasteiger partial charge >= 0.3 is 6.18 Å². The average molecular weight is 447 g/mol. The third-order valence-corrected chi connectivity index (χ3v) is 5.54. The van der Waals surface area contributed by atoms with Gasteiger partial charge in [-0.2, -0.15) is 13.2 Å². The summed E-state index contributed by atoms with van der Waals surface area (Å²) in [5, 5.41) is 11.2. The Labute approximate surface area is 182 Å². The van der Waals surface area contributed by atoms with E-state index in [-0.39, 0.29) is 12.2 Å². The number of ether oxygens (including phenoxy) is 1. The molecule has 0 bridgehead atoms. The van der Waals surface area contributed by atoms with Crippen molar-refractivity contribution in [2.24, 2.45) is 0 Å². The van der Waals surface area contributed by atoms with Gasteiger partial charge < -0.3 is 19.7 Å². The van der Waals surface area contributed by atoms with E-state index in [4.69, 9.17) is 4.74 Å². The third-order valence-electron chi connectivity index (χ3n) is 5.54. The molecular formula is C23H24F3N3O3. The summed E-state index contributed by atoms with van der Waals surface area (Å²) in [7, 11) is 0. The Morgan fingerprint density at radius 3 is 2.41 bits per heavy atom. The van der Waals surface area contributed by atoms with Crippen LogP contribution in [0.25, 0.3) is 10.9 Å². The molecule has 170 valence electrons. The number of alkyl halides is 3. The average Bonchev–Trinajstić information content (AvgIpc) is 2.78. The minimum Gasteiger partial charge on any atom is -0.491 e. The van der Waals surface area contributed by atoms with Gasteiger partial charge in [-0.1, -0.05) is 0 Å². The normalized spacial score (nSPS) is 16.3. The van der Waals surface area contributed by atoms with Gasteiger partial charge in [0.25, 0.3) is 0 Å².